The number of ketones is 1. The summed E-state index contributed by atoms with van der Waals surface area (Å²) in [5.74, 6) is -0.760. The number of carbonyl (C=O) groups excluding carboxylic acids is 1. The van der Waals surface area contributed by atoms with Crippen LogP contribution in [0.5, 0.6) is 5.75 Å². The third kappa shape index (κ3) is 6.29. The molecule has 9 nitrogen and oxygen atoms in total. The Balaban J connectivity index is 1.27. The van der Waals surface area contributed by atoms with Crippen LogP contribution in [0.4, 0.5) is 17.1 Å². The first-order valence-electron chi connectivity index (χ1n) is 14.4. The fourth-order valence-electron chi connectivity index (χ4n) is 5.61. The lowest BCUT2D eigenvalue weighted by molar-refractivity contribution is 0.0968. The number of azo groups is 1. The summed E-state index contributed by atoms with van der Waals surface area (Å²) < 4.78 is 34.8. The first-order chi connectivity index (χ1) is 20.8. The molecule has 1 saturated carbocycles. The average Bonchev–Trinajstić information content (AvgIpc) is 3.83. The Labute approximate surface area is 249 Å². The molecule has 0 aliphatic heterocycles. The number of nitrogens with zero attached hydrogens (tertiary/aromatic N) is 2. The van der Waals surface area contributed by atoms with Crippen molar-refractivity contribution < 1.29 is 22.7 Å². The molecule has 0 amide bonds. The molecule has 0 spiro atoms. The van der Waals surface area contributed by atoms with Gasteiger partial charge >= 0.3 is 5.63 Å². The number of aryl methyl sites for hydroxylation is 1. The molecule has 1 heterocycles. The molecule has 6 rings (SSSR count). The van der Waals surface area contributed by atoms with Crippen LogP contribution in [-0.2, 0) is 16.4 Å². The van der Waals surface area contributed by atoms with Gasteiger partial charge in [0.05, 0.1) is 27.4 Å². The number of hydrogen-bond acceptors (Lipinski definition) is 8. The summed E-state index contributed by atoms with van der Waals surface area (Å²) in [6.45, 7) is 0. The van der Waals surface area contributed by atoms with Crippen LogP contribution in [0.2, 0.25) is 0 Å². The molecule has 1 aromatic heterocycles. The molecule has 0 radical (unpaired) electrons. The zero-order valence-electron chi connectivity index (χ0n) is 23.4. The Hall–Kier alpha value is -4.57. The van der Waals surface area contributed by atoms with E-state index in [0.29, 0.717) is 29.0 Å². The maximum Gasteiger partial charge on any atom is 0.343 e. The molecule has 10 heteroatoms. The van der Waals surface area contributed by atoms with E-state index in [0.717, 1.165) is 32.1 Å². The number of nitrogens with one attached hydrogen (secondary N) is 1. The van der Waals surface area contributed by atoms with Crippen molar-refractivity contribution in [3.63, 3.8) is 0 Å². The lowest BCUT2D eigenvalue weighted by atomic mass is 9.85. The van der Waals surface area contributed by atoms with Crippen LogP contribution in [0, 0.1) is 5.92 Å². The summed E-state index contributed by atoms with van der Waals surface area (Å²) in [6.07, 6.45) is 4.73. The highest BCUT2D eigenvalue weighted by molar-refractivity contribution is 7.92. The first-order valence-corrected chi connectivity index (χ1v) is 15.9. The van der Waals surface area contributed by atoms with Gasteiger partial charge < -0.3 is 9.52 Å². The third-order valence-corrected chi connectivity index (χ3v) is 9.28. The Bertz CT molecular complexity index is 1850. The minimum absolute atomic E-state index is 0.0498. The average molecular weight is 598 g/mol. The van der Waals surface area contributed by atoms with E-state index in [2.05, 4.69) is 15.0 Å². The van der Waals surface area contributed by atoms with E-state index in [4.69, 9.17) is 4.42 Å². The monoisotopic (exact) mass is 597 g/mol. The van der Waals surface area contributed by atoms with E-state index in [-0.39, 0.29) is 45.7 Å². The molecule has 43 heavy (non-hydrogen) atoms. The lowest BCUT2D eigenvalue weighted by Gasteiger charge is -2.21. The van der Waals surface area contributed by atoms with Gasteiger partial charge in [-0.25, -0.2) is 13.2 Å². The summed E-state index contributed by atoms with van der Waals surface area (Å²) in [5.41, 5.74) is 1.67. The summed E-state index contributed by atoms with van der Waals surface area (Å²) in [4.78, 5) is 26.2. The fraction of sp³-hybridized carbons (Fsp3) is 0.273. The zero-order valence-corrected chi connectivity index (χ0v) is 24.2. The van der Waals surface area contributed by atoms with Crippen molar-refractivity contribution in [2.75, 3.05) is 4.72 Å². The van der Waals surface area contributed by atoms with Gasteiger partial charge in [0.25, 0.3) is 10.0 Å². The summed E-state index contributed by atoms with van der Waals surface area (Å²) in [5, 5.41) is 19.6. The minimum atomic E-state index is -3.95. The normalized spacial score (nSPS) is 16.3. The summed E-state index contributed by atoms with van der Waals surface area (Å²) in [6, 6.07) is 22.1. The van der Waals surface area contributed by atoms with Gasteiger partial charge in [-0.05, 0) is 85.7 Å². The van der Waals surface area contributed by atoms with Crippen LogP contribution >= 0.6 is 0 Å². The number of carbonyl (C=O) groups is 1. The molecular formula is C33H31N3O6S. The predicted molar refractivity (Wildman–Crippen MR) is 162 cm³/mol. The van der Waals surface area contributed by atoms with Gasteiger partial charge in [-0.1, -0.05) is 36.8 Å². The van der Waals surface area contributed by atoms with Gasteiger partial charge in [0.1, 0.15) is 11.5 Å². The lowest BCUT2D eigenvalue weighted by Crippen LogP contribution is -2.21. The van der Waals surface area contributed by atoms with Crippen LogP contribution in [0.15, 0.2) is 103 Å². The zero-order chi connectivity index (χ0) is 30.0. The van der Waals surface area contributed by atoms with Gasteiger partial charge in [0.15, 0.2) is 5.78 Å². The van der Waals surface area contributed by atoms with Gasteiger partial charge in [0, 0.05) is 24.4 Å². The molecule has 4 aromatic rings. The van der Waals surface area contributed by atoms with E-state index >= 15 is 0 Å². The molecule has 2 aliphatic carbocycles. The van der Waals surface area contributed by atoms with E-state index < -0.39 is 21.6 Å². The van der Waals surface area contributed by atoms with Gasteiger partial charge in [-0.3, -0.25) is 9.52 Å². The van der Waals surface area contributed by atoms with Gasteiger partial charge in [-0.15, -0.1) is 0 Å². The molecule has 220 valence electrons. The number of anilines is 1. The topological polar surface area (TPSA) is 138 Å². The van der Waals surface area contributed by atoms with Crippen LogP contribution in [0.3, 0.4) is 0 Å². The Morgan fingerprint density at radius 2 is 1.53 bits per heavy atom. The van der Waals surface area contributed by atoms with E-state index in [1.165, 1.54) is 12.1 Å². The third-order valence-electron chi connectivity index (χ3n) is 7.88. The largest absolute Gasteiger partial charge is 0.506 e. The predicted octanol–water partition coefficient (Wildman–Crippen LogP) is 7.40. The molecule has 1 unspecified atom stereocenters. The molecule has 0 saturated heterocycles. The number of Topliss-reactive ketones (excluding diaryl/α,β-unsaturated/α-hetero) is 1. The fourth-order valence-corrected chi connectivity index (χ4v) is 6.66. The van der Waals surface area contributed by atoms with Crippen LogP contribution in [0.25, 0.3) is 0 Å². The van der Waals surface area contributed by atoms with Crippen LogP contribution < -0.4 is 10.3 Å². The number of benzene rings is 3. The molecule has 3 aromatic carbocycles. The summed E-state index contributed by atoms with van der Waals surface area (Å²) >= 11 is 0. The van der Waals surface area contributed by atoms with E-state index in [9.17, 15) is 23.1 Å². The molecule has 1 atom stereocenters. The molecule has 2 aliphatic rings. The Kier molecular flexibility index (Phi) is 7.94. The number of fused-ring (bicyclic) bond motifs is 1. The maximum atomic E-state index is 13.3. The number of rotatable bonds is 8. The molecule has 1 fully saturated rings. The van der Waals surface area contributed by atoms with Crippen molar-refractivity contribution in [3.8, 4) is 5.75 Å². The maximum absolute atomic E-state index is 13.3. The van der Waals surface area contributed by atoms with Crippen molar-refractivity contribution in [1.29, 1.82) is 0 Å². The Morgan fingerprint density at radius 3 is 2.26 bits per heavy atom. The summed E-state index contributed by atoms with van der Waals surface area (Å²) in [7, 11) is -3.95. The number of hydrogen-bond donors (Lipinski definition) is 2. The SMILES string of the molecule is O=C1CCCCCc2oc(=O)c(C(c3cccc(NS(=O)(=O)c4ccc(N=Nc5ccccc5)cc4)c3)C3CC3)c(O)c21. The second-order valence-electron chi connectivity index (χ2n) is 11.0. The highest BCUT2D eigenvalue weighted by atomic mass is 32.2. The number of aromatic hydroxyl groups is 1. The van der Waals surface area contributed by atoms with E-state index in [1.54, 1.807) is 36.4 Å². The van der Waals surface area contributed by atoms with Crippen molar-refractivity contribution >= 4 is 32.9 Å². The molecule has 2 N–H and O–H groups in total. The van der Waals surface area contributed by atoms with Gasteiger partial charge in [-0.2, -0.15) is 10.2 Å². The van der Waals surface area contributed by atoms with E-state index in [1.807, 2.05) is 30.3 Å². The van der Waals surface area contributed by atoms with Crippen molar-refractivity contribution in [2.24, 2.45) is 16.1 Å². The second-order valence-corrected chi connectivity index (χ2v) is 12.7. The van der Waals surface area contributed by atoms with Crippen molar-refractivity contribution in [3.05, 3.63) is 112 Å². The van der Waals surface area contributed by atoms with Gasteiger partial charge in [0.2, 0.25) is 0 Å². The molecular weight excluding hydrogens is 566 g/mol. The van der Waals surface area contributed by atoms with Crippen molar-refractivity contribution in [1.82, 2.24) is 0 Å². The highest BCUT2D eigenvalue weighted by Crippen LogP contribution is 2.49. The molecule has 0 bridgehead atoms. The van der Waals surface area contributed by atoms with Crippen molar-refractivity contribution in [2.45, 2.75) is 55.8 Å². The standard InChI is InChI=1S/C33H31N3O6S/c37-27-12-5-2-6-13-28-30(27)32(38)31(33(39)42-28)29(21-14-15-21)22-8-7-11-25(20-22)36-43(40,41)26-18-16-24(17-19-26)35-34-23-9-3-1-4-10-23/h1,3-4,7-11,16-21,29,36,38H,2,5-6,12-15H2. The number of sulfonamides is 1. The van der Waals surface area contributed by atoms with Crippen LogP contribution in [0.1, 0.15) is 71.7 Å². The van der Waals surface area contributed by atoms with Crippen LogP contribution in [-0.4, -0.2) is 19.3 Å². The quantitative estimate of drug-likeness (QED) is 0.203. The smallest absolute Gasteiger partial charge is 0.343 e. The first kappa shape index (κ1) is 28.5. The second kappa shape index (κ2) is 12.0. The Morgan fingerprint density at radius 1 is 0.837 bits per heavy atom. The highest BCUT2D eigenvalue weighted by Gasteiger charge is 2.39. The minimum Gasteiger partial charge on any atom is -0.506 e.